The molecule has 0 aliphatic heterocycles. The highest BCUT2D eigenvalue weighted by Gasteiger charge is 2.21. The quantitative estimate of drug-likeness (QED) is 0.800. The number of hydrogen-bond donors (Lipinski definition) is 2. The summed E-state index contributed by atoms with van der Waals surface area (Å²) in [5.41, 5.74) is 1.65. The number of aromatic amines is 1. The second kappa shape index (κ2) is 4.00. The maximum Gasteiger partial charge on any atom is 0.106 e. The predicted molar refractivity (Wildman–Crippen MR) is 55.5 cm³/mol. The van der Waals surface area contributed by atoms with Crippen molar-refractivity contribution in [2.24, 2.45) is 7.05 Å². The van der Waals surface area contributed by atoms with Gasteiger partial charge in [-0.2, -0.15) is 20.5 Å². The highest BCUT2D eigenvalue weighted by Crippen LogP contribution is 2.25. The van der Waals surface area contributed by atoms with Crippen LogP contribution in [0.2, 0.25) is 5.02 Å². The van der Waals surface area contributed by atoms with Crippen LogP contribution >= 0.6 is 11.6 Å². The van der Waals surface area contributed by atoms with Crippen molar-refractivity contribution in [2.45, 2.75) is 6.04 Å². The smallest absolute Gasteiger partial charge is 0.106 e. The Hall–Kier alpha value is -1.40. The molecule has 1 unspecified atom stereocenters. The van der Waals surface area contributed by atoms with E-state index >= 15 is 0 Å². The maximum absolute atomic E-state index is 6.05. The molecule has 0 bridgehead atoms. The van der Waals surface area contributed by atoms with Gasteiger partial charge < -0.3 is 5.32 Å². The Bertz CT molecular complexity index is 414. The summed E-state index contributed by atoms with van der Waals surface area (Å²) in [6.07, 6.45) is 3.27. The summed E-state index contributed by atoms with van der Waals surface area (Å²) in [5, 5.41) is 18.2. The molecule has 0 saturated carbocycles. The molecule has 0 aromatic carbocycles. The van der Waals surface area contributed by atoms with Crippen LogP contribution in [0.3, 0.4) is 0 Å². The van der Waals surface area contributed by atoms with Crippen LogP contribution in [0.4, 0.5) is 0 Å². The van der Waals surface area contributed by atoms with Gasteiger partial charge in [-0.05, 0) is 7.05 Å². The first kappa shape index (κ1) is 10.1. The molecule has 80 valence electrons. The van der Waals surface area contributed by atoms with Crippen molar-refractivity contribution < 1.29 is 0 Å². The third-order valence-electron chi connectivity index (χ3n) is 2.23. The van der Waals surface area contributed by atoms with Crippen LogP contribution in [0.15, 0.2) is 12.4 Å². The number of hydrogen-bond acceptors (Lipinski definition) is 4. The molecule has 2 rings (SSSR count). The number of nitrogens with zero attached hydrogens (tertiary/aromatic N) is 4. The zero-order valence-electron chi connectivity index (χ0n) is 8.40. The van der Waals surface area contributed by atoms with E-state index in [0.717, 1.165) is 11.4 Å². The summed E-state index contributed by atoms with van der Waals surface area (Å²) in [6.45, 7) is 0. The van der Waals surface area contributed by atoms with Crippen LogP contribution in [0.25, 0.3) is 0 Å². The van der Waals surface area contributed by atoms with Crippen LogP contribution in [0, 0.1) is 0 Å². The minimum absolute atomic E-state index is 0.108. The lowest BCUT2D eigenvalue weighted by Crippen LogP contribution is -2.21. The van der Waals surface area contributed by atoms with Crippen molar-refractivity contribution in [3.63, 3.8) is 0 Å². The molecule has 2 heterocycles. The number of halogens is 1. The van der Waals surface area contributed by atoms with Crippen molar-refractivity contribution in [2.75, 3.05) is 7.05 Å². The molecule has 2 aromatic rings. The van der Waals surface area contributed by atoms with Crippen molar-refractivity contribution in [1.82, 2.24) is 30.5 Å². The summed E-state index contributed by atoms with van der Waals surface area (Å²) >= 11 is 6.05. The van der Waals surface area contributed by atoms with Gasteiger partial charge in [-0.15, -0.1) is 0 Å². The predicted octanol–water partition coefficient (Wildman–Crippen LogP) is 0.500. The fraction of sp³-hybridized carbons (Fsp3) is 0.375. The second-order valence-corrected chi connectivity index (χ2v) is 3.53. The average Bonchev–Trinajstić information content (AvgIpc) is 2.83. The molecule has 7 heteroatoms. The summed E-state index contributed by atoms with van der Waals surface area (Å²) in [6, 6.07) is -0.108. The Morgan fingerprint density at radius 3 is 2.80 bits per heavy atom. The molecule has 1 atom stereocenters. The lowest BCUT2D eigenvalue weighted by molar-refractivity contribution is 0.593. The Morgan fingerprint density at radius 2 is 2.33 bits per heavy atom. The Balaban J connectivity index is 2.44. The van der Waals surface area contributed by atoms with E-state index in [4.69, 9.17) is 11.6 Å². The fourth-order valence-electron chi connectivity index (χ4n) is 1.52. The summed E-state index contributed by atoms with van der Waals surface area (Å²) in [4.78, 5) is 0. The second-order valence-electron chi connectivity index (χ2n) is 3.12. The number of nitrogens with one attached hydrogen (secondary N) is 2. The first-order chi connectivity index (χ1) is 7.24. The van der Waals surface area contributed by atoms with Gasteiger partial charge in [0.05, 0.1) is 29.2 Å². The van der Waals surface area contributed by atoms with E-state index in [0.29, 0.717) is 5.02 Å². The molecular formula is C8H11ClN6. The summed E-state index contributed by atoms with van der Waals surface area (Å²) in [7, 11) is 3.67. The molecule has 15 heavy (non-hydrogen) atoms. The third kappa shape index (κ3) is 1.73. The lowest BCUT2D eigenvalue weighted by Gasteiger charge is -2.13. The largest absolute Gasteiger partial charge is 0.307 e. The first-order valence-electron chi connectivity index (χ1n) is 4.44. The molecular weight excluding hydrogens is 216 g/mol. The summed E-state index contributed by atoms with van der Waals surface area (Å²) < 4.78 is 1.72. The molecule has 0 amide bonds. The number of aromatic nitrogens is 5. The average molecular weight is 227 g/mol. The van der Waals surface area contributed by atoms with Crippen LogP contribution in [0.5, 0.6) is 0 Å². The van der Waals surface area contributed by atoms with Gasteiger partial charge in [-0.25, -0.2) is 0 Å². The van der Waals surface area contributed by atoms with E-state index in [1.165, 1.54) is 0 Å². The Kier molecular flexibility index (Phi) is 2.70. The van der Waals surface area contributed by atoms with Crippen molar-refractivity contribution in [1.29, 1.82) is 0 Å². The third-order valence-corrected chi connectivity index (χ3v) is 2.52. The van der Waals surface area contributed by atoms with Crippen molar-refractivity contribution in [3.8, 4) is 0 Å². The van der Waals surface area contributed by atoms with E-state index in [1.807, 2.05) is 14.1 Å². The minimum atomic E-state index is -0.108. The van der Waals surface area contributed by atoms with Gasteiger partial charge in [0, 0.05) is 7.05 Å². The van der Waals surface area contributed by atoms with Crippen LogP contribution in [-0.4, -0.2) is 32.2 Å². The van der Waals surface area contributed by atoms with E-state index in [1.54, 1.807) is 17.1 Å². The number of rotatable bonds is 3. The summed E-state index contributed by atoms with van der Waals surface area (Å²) in [5.74, 6) is 0. The van der Waals surface area contributed by atoms with E-state index in [2.05, 4.69) is 25.8 Å². The van der Waals surface area contributed by atoms with E-state index in [-0.39, 0.29) is 6.04 Å². The SMILES string of the molecule is CNC(c1cn[nH]n1)c1c(Cl)cnn1C. The normalized spacial score (nSPS) is 13.0. The van der Waals surface area contributed by atoms with Gasteiger partial charge in [0.2, 0.25) is 0 Å². The standard InChI is InChI=1S/C8H11ClN6/c1-10-7(6-4-11-14-13-6)8-5(9)3-12-15(8)2/h3-4,7,10H,1-2H3,(H,11,13,14). The molecule has 0 aliphatic rings. The maximum atomic E-state index is 6.05. The molecule has 2 N–H and O–H groups in total. The van der Waals surface area contributed by atoms with Gasteiger partial charge in [0.25, 0.3) is 0 Å². The Labute approximate surface area is 91.6 Å². The molecule has 0 fully saturated rings. The van der Waals surface area contributed by atoms with Gasteiger partial charge in [-0.1, -0.05) is 11.6 Å². The molecule has 6 nitrogen and oxygen atoms in total. The monoisotopic (exact) mass is 226 g/mol. The highest BCUT2D eigenvalue weighted by atomic mass is 35.5. The van der Waals surface area contributed by atoms with Gasteiger partial charge in [0.15, 0.2) is 0 Å². The van der Waals surface area contributed by atoms with Gasteiger partial charge in [0.1, 0.15) is 5.69 Å². The van der Waals surface area contributed by atoms with Crippen molar-refractivity contribution >= 4 is 11.6 Å². The molecule has 0 aliphatic carbocycles. The molecule has 0 saturated heterocycles. The minimum Gasteiger partial charge on any atom is -0.307 e. The van der Waals surface area contributed by atoms with Crippen LogP contribution in [0.1, 0.15) is 17.4 Å². The zero-order valence-corrected chi connectivity index (χ0v) is 9.15. The molecule has 0 radical (unpaired) electrons. The topological polar surface area (TPSA) is 71.4 Å². The number of H-pyrrole nitrogens is 1. The Morgan fingerprint density at radius 1 is 1.53 bits per heavy atom. The van der Waals surface area contributed by atoms with Gasteiger partial charge >= 0.3 is 0 Å². The van der Waals surface area contributed by atoms with Crippen LogP contribution in [-0.2, 0) is 7.05 Å². The number of aryl methyl sites for hydroxylation is 1. The zero-order chi connectivity index (χ0) is 10.8. The van der Waals surface area contributed by atoms with E-state index < -0.39 is 0 Å². The lowest BCUT2D eigenvalue weighted by atomic mass is 10.1. The van der Waals surface area contributed by atoms with E-state index in [9.17, 15) is 0 Å². The molecule has 2 aromatic heterocycles. The van der Waals surface area contributed by atoms with Gasteiger partial charge in [-0.3, -0.25) is 4.68 Å². The highest BCUT2D eigenvalue weighted by molar-refractivity contribution is 6.31. The fourth-order valence-corrected chi connectivity index (χ4v) is 1.79. The van der Waals surface area contributed by atoms with Crippen molar-refractivity contribution in [3.05, 3.63) is 28.8 Å². The molecule has 0 spiro atoms. The van der Waals surface area contributed by atoms with Crippen LogP contribution < -0.4 is 5.32 Å². The first-order valence-corrected chi connectivity index (χ1v) is 4.82.